The van der Waals surface area contributed by atoms with Gasteiger partial charge in [-0.2, -0.15) is 0 Å². The Hall–Kier alpha value is -3.93. The van der Waals surface area contributed by atoms with Crippen molar-refractivity contribution < 1.29 is 23.8 Å². The summed E-state index contributed by atoms with van der Waals surface area (Å²) in [4.78, 5) is 28.9. The summed E-state index contributed by atoms with van der Waals surface area (Å²) in [6.07, 6.45) is 4.68. The Morgan fingerprint density at radius 2 is 1.90 bits per heavy atom. The van der Waals surface area contributed by atoms with Crippen LogP contribution in [0.5, 0.6) is 17.2 Å². The summed E-state index contributed by atoms with van der Waals surface area (Å²) in [5.41, 5.74) is 2.15. The molecule has 4 rings (SSSR count). The lowest BCUT2D eigenvalue weighted by Crippen LogP contribution is -2.09. The van der Waals surface area contributed by atoms with E-state index in [0.717, 1.165) is 11.3 Å². The van der Waals surface area contributed by atoms with Crippen molar-refractivity contribution in [3.05, 3.63) is 88.9 Å². The van der Waals surface area contributed by atoms with Crippen molar-refractivity contribution in [2.75, 3.05) is 7.11 Å². The number of rotatable bonds is 4. The standard InChI is InChI=1S/C23H17NO5/c1-14-19(29-23(26)16-4-3-11-24-13-16)10-9-18-21(25)20(28-22(14)18)12-15-5-7-17(27-2)8-6-15/h3-13H,1-2H3/b20-12-. The van der Waals surface area contributed by atoms with Crippen molar-refractivity contribution in [1.82, 2.24) is 4.98 Å². The summed E-state index contributed by atoms with van der Waals surface area (Å²) in [6.45, 7) is 1.74. The van der Waals surface area contributed by atoms with Gasteiger partial charge in [0.05, 0.1) is 18.2 Å². The van der Waals surface area contributed by atoms with Crippen molar-refractivity contribution in [1.29, 1.82) is 0 Å². The number of carbonyl (C=O) groups is 2. The predicted molar refractivity (Wildman–Crippen MR) is 106 cm³/mol. The average molecular weight is 387 g/mol. The zero-order valence-corrected chi connectivity index (χ0v) is 15.8. The van der Waals surface area contributed by atoms with E-state index in [9.17, 15) is 9.59 Å². The maximum absolute atomic E-state index is 12.7. The van der Waals surface area contributed by atoms with E-state index in [-0.39, 0.29) is 11.5 Å². The van der Waals surface area contributed by atoms with Gasteiger partial charge in [-0.3, -0.25) is 9.78 Å². The fourth-order valence-electron chi connectivity index (χ4n) is 2.97. The van der Waals surface area contributed by atoms with Crippen molar-refractivity contribution >= 4 is 17.8 Å². The van der Waals surface area contributed by atoms with Crippen LogP contribution in [0.1, 0.15) is 31.8 Å². The lowest BCUT2D eigenvalue weighted by Gasteiger charge is -2.10. The van der Waals surface area contributed by atoms with Crippen LogP contribution in [-0.2, 0) is 0 Å². The van der Waals surface area contributed by atoms with Gasteiger partial charge in [-0.15, -0.1) is 0 Å². The summed E-state index contributed by atoms with van der Waals surface area (Å²) in [6, 6.07) is 13.8. The molecule has 1 aliphatic rings. The highest BCUT2D eigenvalue weighted by atomic mass is 16.5. The fourth-order valence-corrected chi connectivity index (χ4v) is 2.97. The first-order valence-electron chi connectivity index (χ1n) is 8.91. The second kappa shape index (κ2) is 7.59. The molecule has 0 fully saturated rings. The highest BCUT2D eigenvalue weighted by Gasteiger charge is 2.30. The molecule has 0 saturated carbocycles. The molecular weight excluding hydrogens is 370 g/mol. The Bertz CT molecular complexity index is 1120. The highest BCUT2D eigenvalue weighted by Crippen LogP contribution is 2.39. The van der Waals surface area contributed by atoms with E-state index < -0.39 is 5.97 Å². The second-order valence-corrected chi connectivity index (χ2v) is 6.41. The molecule has 3 aromatic rings. The summed E-state index contributed by atoms with van der Waals surface area (Å²) in [5.74, 6) is 0.917. The van der Waals surface area contributed by atoms with Crippen LogP contribution >= 0.6 is 0 Å². The topological polar surface area (TPSA) is 74.7 Å². The molecular formula is C23H17NO5. The molecule has 0 N–H and O–H groups in total. The van der Waals surface area contributed by atoms with Crippen molar-refractivity contribution in [3.8, 4) is 17.2 Å². The molecule has 2 aromatic carbocycles. The molecule has 0 spiro atoms. The first-order valence-corrected chi connectivity index (χ1v) is 8.91. The van der Waals surface area contributed by atoms with Crippen LogP contribution in [0.3, 0.4) is 0 Å². The van der Waals surface area contributed by atoms with Gasteiger partial charge in [0.2, 0.25) is 5.78 Å². The zero-order chi connectivity index (χ0) is 20.4. The Morgan fingerprint density at radius 1 is 1.10 bits per heavy atom. The number of nitrogens with zero attached hydrogens (tertiary/aromatic N) is 1. The van der Waals surface area contributed by atoms with Crippen LogP contribution in [0.15, 0.2) is 66.7 Å². The van der Waals surface area contributed by atoms with Gasteiger partial charge in [0, 0.05) is 18.0 Å². The number of pyridine rings is 1. The molecule has 0 atom stereocenters. The van der Waals surface area contributed by atoms with E-state index in [2.05, 4.69) is 4.98 Å². The molecule has 1 aromatic heterocycles. The molecule has 2 heterocycles. The molecule has 6 heteroatoms. The molecule has 0 saturated heterocycles. The van der Waals surface area contributed by atoms with E-state index in [0.29, 0.717) is 28.2 Å². The van der Waals surface area contributed by atoms with Gasteiger partial charge in [0.25, 0.3) is 0 Å². The first kappa shape index (κ1) is 18.4. The van der Waals surface area contributed by atoms with Gasteiger partial charge >= 0.3 is 5.97 Å². The minimum Gasteiger partial charge on any atom is -0.497 e. The van der Waals surface area contributed by atoms with Crippen LogP contribution in [0, 0.1) is 6.92 Å². The number of hydrogen-bond donors (Lipinski definition) is 0. The number of ether oxygens (including phenoxy) is 3. The van der Waals surface area contributed by atoms with E-state index in [1.807, 2.05) is 12.1 Å². The molecule has 0 amide bonds. The third-order valence-electron chi connectivity index (χ3n) is 4.55. The molecule has 0 unspecified atom stereocenters. The highest BCUT2D eigenvalue weighted by molar-refractivity contribution is 6.15. The normalized spacial score (nSPS) is 13.7. The number of carbonyl (C=O) groups excluding carboxylic acids is 2. The zero-order valence-electron chi connectivity index (χ0n) is 15.8. The van der Waals surface area contributed by atoms with Crippen LogP contribution in [-0.4, -0.2) is 23.8 Å². The lowest BCUT2D eigenvalue weighted by atomic mass is 10.1. The lowest BCUT2D eigenvalue weighted by molar-refractivity contribution is 0.0732. The molecule has 0 radical (unpaired) electrons. The monoisotopic (exact) mass is 387 g/mol. The van der Waals surface area contributed by atoms with E-state index >= 15 is 0 Å². The van der Waals surface area contributed by atoms with Crippen molar-refractivity contribution in [2.24, 2.45) is 0 Å². The summed E-state index contributed by atoms with van der Waals surface area (Å²) >= 11 is 0. The number of fused-ring (bicyclic) bond motifs is 1. The van der Waals surface area contributed by atoms with Gasteiger partial charge in [0.1, 0.15) is 17.2 Å². The Labute approximate surface area is 167 Å². The van der Waals surface area contributed by atoms with Gasteiger partial charge in [0.15, 0.2) is 5.76 Å². The van der Waals surface area contributed by atoms with E-state index in [4.69, 9.17) is 14.2 Å². The number of methoxy groups -OCH3 is 1. The van der Waals surface area contributed by atoms with Gasteiger partial charge < -0.3 is 14.2 Å². The van der Waals surface area contributed by atoms with Crippen molar-refractivity contribution in [2.45, 2.75) is 6.92 Å². The van der Waals surface area contributed by atoms with Crippen LogP contribution in [0.2, 0.25) is 0 Å². The Kier molecular flexibility index (Phi) is 4.83. The molecule has 0 bridgehead atoms. The summed E-state index contributed by atoms with van der Waals surface area (Å²) < 4.78 is 16.4. The number of aromatic nitrogens is 1. The van der Waals surface area contributed by atoms with Crippen LogP contribution in [0.4, 0.5) is 0 Å². The number of hydrogen-bond acceptors (Lipinski definition) is 6. The Morgan fingerprint density at radius 3 is 2.59 bits per heavy atom. The van der Waals surface area contributed by atoms with Gasteiger partial charge in [-0.05, 0) is 55.0 Å². The number of benzene rings is 2. The molecule has 29 heavy (non-hydrogen) atoms. The minimum absolute atomic E-state index is 0.212. The third kappa shape index (κ3) is 3.60. The van der Waals surface area contributed by atoms with Gasteiger partial charge in [-0.1, -0.05) is 12.1 Å². The predicted octanol–water partition coefficient (Wildman–Crippen LogP) is 4.23. The molecule has 144 valence electrons. The molecule has 1 aliphatic heterocycles. The SMILES string of the molecule is COc1ccc(/C=C2\Oc3c(ccc(OC(=O)c4cccnc4)c3C)C2=O)cc1. The minimum atomic E-state index is -0.528. The number of esters is 1. The fraction of sp³-hybridized carbons (Fsp3) is 0.0870. The number of ketones is 1. The smallest absolute Gasteiger partial charge is 0.345 e. The second-order valence-electron chi connectivity index (χ2n) is 6.41. The Balaban J connectivity index is 1.59. The molecule has 0 aliphatic carbocycles. The maximum atomic E-state index is 12.7. The summed E-state index contributed by atoms with van der Waals surface area (Å²) in [7, 11) is 1.59. The van der Waals surface area contributed by atoms with Crippen molar-refractivity contribution in [3.63, 3.8) is 0 Å². The number of Topliss-reactive ketones (excluding diaryl/α,β-unsaturated/α-hetero) is 1. The van der Waals surface area contributed by atoms with Gasteiger partial charge in [-0.25, -0.2) is 4.79 Å². The first-order chi connectivity index (χ1) is 14.1. The number of allylic oxidation sites excluding steroid dienone is 1. The van der Waals surface area contributed by atoms with E-state index in [1.54, 1.807) is 62.7 Å². The summed E-state index contributed by atoms with van der Waals surface area (Å²) in [5, 5.41) is 0. The quantitative estimate of drug-likeness (QED) is 0.379. The van der Waals surface area contributed by atoms with E-state index in [1.165, 1.54) is 6.20 Å². The maximum Gasteiger partial charge on any atom is 0.345 e. The van der Waals surface area contributed by atoms with Crippen LogP contribution in [0.25, 0.3) is 6.08 Å². The third-order valence-corrected chi connectivity index (χ3v) is 4.55. The largest absolute Gasteiger partial charge is 0.497 e. The van der Waals surface area contributed by atoms with Crippen LogP contribution < -0.4 is 14.2 Å². The molecule has 6 nitrogen and oxygen atoms in total. The average Bonchev–Trinajstić information content (AvgIpc) is 3.07.